The fourth-order valence-electron chi connectivity index (χ4n) is 3.34. The van der Waals surface area contributed by atoms with Crippen LogP contribution in [-0.2, 0) is 10.2 Å². The second-order valence-electron chi connectivity index (χ2n) is 6.36. The lowest BCUT2D eigenvalue weighted by Gasteiger charge is -2.40. The Balaban J connectivity index is 2.14. The van der Waals surface area contributed by atoms with Gasteiger partial charge >= 0.3 is 0 Å². The molecule has 1 N–H and O–H groups in total. The zero-order valence-electron chi connectivity index (χ0n) is 13.7. The molecule has 21 heavy (non-hydrogen) atoms. The first kappa shape index (κ1) is 16.3. The maximum absolute atomic E-state index is 5.41. The van der Waals surface area contributed by atoms with Crippen molar-refractivity contribution in [1.29, 1.82) is 0 Å². The van der Waals surface area contributed by atoms with E-state index in [1.807, 2.05) is 6.07 Å². The number of methoxy groups -OCH3 is 2. The van der Waals surface area contributed by atoms with Crippen molar-refractivity contribution in [3.05, 3.63) is 29.8 Å². The Morgan fingerprint density at radius 1 is 1.24 bits per heavy atom. The molecule has 1 saturated carbocycles. The Kier molecular flexibility index (Phi) is 6.07. The highest BCUT2D eigenvalue weighted by molar-refractivity contribution is 5.34. The van der Waals surface area contributed by atoms with Crippen LogP contribution in [0.1, 0.15) is 38.2 Å². The van der Waals surface area contributed by atoms with E-state index in [4.69, 9.17) is 9.47 Å². The number of nitrogens with one attached hydrogen (secondary N) is 1. The lowest BCUT2D eigenvalue weighted by atomic mass is 9.67. The molecular formula is C18H29NO2. The molecule has 0 aromatic heterocycles. The Morgan fingerprint density at radius 2 is 2.00 bits per heavy atom. The minimum Gasteiger partial charge on any atom is -0.497 e. The number of rotatable bonds is 7. The molecule has 1 aliphatic rings. The molecule has 3 nitrogen and oxygen atoms in total. The van der Waals surface area contributed by atoms with E-state index in [0.717, 1.165) is 31.4 Å². The summed E-state index contributed by atoms with van der Waals surface area (Å²) in [5, 5.41) is 3.58. The van der Waals surface area contributed by atoms with Gasteiger partial charge in [0.2, 0.25) is 0 Å². The van der Waals surface area contributed by atoms with Gasteiger partial charge in [0.25, 0.3) is 0 Å². The van der Waals surface area contributed by atoms with E-state index in [-0.39, 0.29) is 5.41 Å². The van der Waals surface area contributed by atoms with Gasteiger partial charge in [0, 0.05) is 25.6 Å². The van der Waals surface area contributed by atoms with E-state index in [9.17, 15) is 0 Å². The van der Waals surface area contributed by atoms with Crippen molar-refractivity contribution in [2.75, 3.05) is 33.9 Å². The molecule has 0 saturated heterocycles. The molecule has 0 heterocycles. The molecule has 1 aliphatic carbocycles. The molecule has 0 bridgehead atoms. The third-order valence-electron chi connectivity index (χ3n) is 4.86. The third-order valence-corrected chi connectivity index (χ3v) is 4.86. The average molecular weight is 291 g/mol. The van der Waals surface area contributed by atoms with E-state index in [0.29, 0.717) is 0 Å². The largest absolute Gasteiger partial charge is 0.497 e. The van der Waals surface area contributed by atoms with E-state index in [1.54, 1.807) is 14.2 Å². The van der Waals surface area contributed by atoms with Crippen LogP contribution >= 0.6 is 0 Å². The molecule has 0 atom stereocenters. The van der Waals surface area contributed by atoms with E-state index in [1.165, 1.54) is 31.2 Å². The molecule has 118 valence electrons. The van der Waals surface area contributed by atoms with Gasteiger partial charge in [-0.05, 0) is 49.3 Å². The summed E-state index contributed by atoms with van der Waals surface area (Å²) in [5.41, 5.74) is 1.66. The van der Waals surface area contributed by atoms with Gasteiger partial charge < -0.3 is 14.8 Å². The van der Waals surface area contributed by atoms with E-state index < -0.39 is 0 Å². The Morgan fingerprint density at radius 3 is 2.67 bits per heavy atom. The zero-order valence-corrected chi connectivity index (χ0v) is 13.7. The van der Waals surface area contributed by atoms with Gasteiger partial charge in [-0.25, -0.2) is 0 Å². The van der Waals surface area contributed by atoms with Crippen molar-refractivity contribution >= 4 is 0 Å². The maximum atomic E-state index is 5.41. The maximum Gasteiger partial charge on any atom is 0.119 e. The Bertz CT molecular complexity index is 425. The molecule has 1 aromatic carbocycles. The summed E-state index contributed by atoms with van der Waals surface area (Å²) in [6.45, 7) is 5.08. The summed E-state index contributed by atoms with van der Waals surface area (Å²) >= 11 is 0. The Hall–Kier alpha value is -1.06. The fourth-order valence-corrected chi connectivity index (χ4v) is 3.34. The van der Waals surface area contributed by atoms with Crippen LogP contribution in [0.3, 0.4) is 0 Å². The molecule has 1 fully saturated rings. The summed E-state index contributed by atoms with van der Waals surface area (Å²) in [5.74, 6) is 1.81. The topological polar surface area (TPSA) is 30.5 Å². The molecule has 3 heteroatoms. The van der Waals surface area contributed by atoms with Gasteiger partial charge in [0.15, 0.2) is 0 Å². The lowest BCUT2D eigenvalue weighted by molar-refractivity contribution is 0.187. The monoisotopic (exact) mass is 291 g/mol. The van der Waals surface area contributed by atoms with Crippen LogP contribution in [0.5, 0.6) is 5.75 Å². The molecule has 0 amide bonds. The van der Waals surface area contributed by atoms with Gasteiger partial charge in [0.1, 0.15) is 5.75 Å². The summed E-state index contributed by atoms with van der Waals surface area (Å²) < 4.78 is 10.6. The minimum absolute atomic E-state index is 0.245. The summed E-state index contributed by atoms with van der Waals surface area (Å²) in [7, 11) is 3.49. The van der Waals surface area contributed by atoms with Gasteiger partial charge in [0.05, 0.1) is 13.7 Å². The molecule has 2 rings (SSSR count). The highest BCUT2D eigenvalue weighted by Gasteiger charge is 2.35. The van der Waals surface area contributed by atoms with Crippen LogP contribution < -0.4 is 10.1 Å². The van der Waals surface area contributed by atoms with Crippen LogP contribution in [0.4, 0.5) is 0 Å². The number of hydrogen-bond acceptors (Lipinski definition) is 3. The molecular weight excluding hydrogens is 262 g/mol. The molecule has 1 aromatic rings. The molecule has 0 radical (unpaired) electrons. The van der Waals surface area contributed by atoms with Crippen molar-refractivity contribution in [2.45, 2.75) is 38.0 Å². The molecule has 0 aliphatic heterocycles. The predicted molar refractivity (Wildman–Crippen MR) is 87.0 cm³/mol. The quantitative estimate of drug-likeness (QED) is 0.781. The standard InChI is InChI=1S/C18H29NO2/c1-15-7-9-18(10-8-15,14-19-11-12-20-2)16-5-4-6-17(13-16)21-3/h4-6,13,15,19H,7-12,14H2,1-3H3. The van der Waals surface area contributed by atoms with Crippen LogP contribution in [0.15, 0.2) is 24.3 Å². The van der Waals surface area contributed by atoms with E-state index >= 15 is 0 Å². The fraction of sp³-hybridized carbons (Fsp3) is 0.667. The highest BCUT2D eigenvalue weighted by Crippen LogP contribution is 2.41. The smallest absolute Gasteiger partial charge is 0.119 e. The second kappa shape index (κ2) is 7.81. The van der Waals surface area contributed by atoms with Crippen molar-refractivity contribution in [3.63, 3.8) is 0 Å². The van der Waals surface area contributed by atoms with Crippen LogP contribution in [0.25, 0.3) is 0 Å². The van der Waals surface area contributed by atoms with Crippen molar-refractivity contribution in [1.82, 2.24) is 5.32 Å². The summed E-state index contributed by atoms with van der Waals surface area (Å²) in [6, 6.07) is 8.62. The van der Waals surface area contributed by atoms with Gasteiger partial charge in [-0.3, -0.25) is 0 Å². The normalized spacial score (nSPS) is 25.8. The average Bonchev–Trinajstić information content (AvgIpc) is 2.54. The third kappa shape index (κ3) is 4.21. The summed E-state index contributed by atoms with van der Waals surface area (Å²) in [6.07, 6.45) is 5.12. The van der Waals surface area contributed by atoms with Crippen molar-refractivity contribution in [2.24, 2.45) is 5.92 Å². The summed E-state index contributed by atoms with van der Waals surface area (Å²) in [4.78, 5) is 0. The van der Waals surface area contributed by atoms with Gasteiger partial charge in [-0.1, -0.05) is 19.1 Å². The first-order valence-corrected chi connectivity index (χ1v) is 8.04. The Labute approximate surface area is 129 Å². The predicted octanol–water partition coefficient (Wildman–Crippen LogP) is 3.38. The number of hydrogen-bond donors (Lipinski definition) is 1. The van der Waals surface area contributed by atoms with Crippen molar-refractivity contribution in [3.8, 4) is 5.75 Å². The van der Waals surface area contributed by atoms with Crippen LogP contribution in [-0.4, -0.2) is 33.9 Å². The second-order valence-corrected chi connectivity index (χ2v) is 6.36. The van der Waals surface area contributed by atoms with Gasteiger partial charge in [-0.15, -0.1) is 0 Å². The first-order chi connectivity index (χ1) is 10.2. The number of benzene rings is 1. The van der Waals surface area contributed by atoms with Crippen LogP contribution in [0.2, 0.25) is 0 Å². The van der Waals surface area contributed by atoms with Crippen LogP contribution in [0, 0.1) is 5.92 Å². The molecule has 0 spiro atoms. The SMILES string of the molecule is COCCNCC1(c2cccc(OC)c2)CCC(C)CC1. The molecule has 0 unspecified atom stereocenters. The highest BCUT2D eigenvalue weighted by atomic mass is 16.5. The van der Waals surface area contributed by atoms with E-state index in [2.05, 4.69) is 30.4 Å². The first-order valence-electron chi connectivity index (χ1n) is 8.04. The minimum atomic E-state index is 0.245. The van der Waals surface area contributed by atoms with Gasteiger partial charge in [-0.2, -0.15) is 0 Å². The zero-order chi connectivity index (χ0) is 15.1. The lowest BCUT2D eigenvalue weighted by Crippen LogP contribution is -2.42. The van der Waals surface area contributed by atoms with Crippen molar-refractivity contribution < 1.29 is 9.47 Å². The number of ether oxygens (including phenoxy) is 2.